The highest BCUT2D eigenvalue weighted by Crippen LogP contribution is 2.15. The van der Waals surface area contributed by atoms with Crippen LogP contribution in [-0.2, 0) is 0 Å². The fourth-order valence-corrected chi connectivity index (χ4v) is 1.68. The minimum atomic E-state index is -1.34. The summed E-state index contributed by atoms with van der Waals surface area (Å²) in [6.45, 7) is 1.68. The van der Waals surface area contributed by atoms with E-state index in [1.54, 1.807) is 38.3 Å². The number of aromatic nitrogens is 2. The predicted molar refractivity (Wildman–Crippen MR) is 68.1 cm³/mol. The maximum absolute atomic E-state index is 11.5. The van der Waals surface area contributed by atoms with E-state index in [-0.39, 0.29) is 0 Å². The lowest BCUT2D eigenvalue weighted by Crippen LogP contribution is -2.22. The summed E-state index contributed by atoms with van der Waals surface area (Å²) in [5.74, 6) is -0.659. The van der Waals surface area contributed by atoms with Crippen molar-refractivity contribution < 1.29 is 14.6 Å². The number of rotatable bonds is 3. The summed E-state index contributed by atoms with van der Waals surface area (Å²) in [6, 6.07) is 8.18. The third-order valence-corrected chi connectivity index (χ3v) is 2.63. The van der Waals surface area contributed by atoms with E-state index in [0.717, 1.165) is 0 Å². The van der Waals surface area contributed by atoms with Crippen molar-refractivity contribution >= 4 is 5.97 Å². The summed E-state index contributed by atoms with van der Waals surface area (Å²) >= 11 is 0. The number of methoxy groups -OCH3 is 1. The Morgan fingerprint density at radius 3 is 2.47 bits per heavy atom. The SMILES string of the molecule is COc1ccc(-n2nc(C(=O)O)c(=O)cc2C)cc1. The zero-order chi connectivity index (χ0) is 14.0. The van der Waals surface area contributed by atoms with Gasteiger partial charge < -0.3 is 9.84 Å². The number of nitrogens with zero attached hydrogens (tertiary/aromatic N) is 2. The quantitative estimate of drug-likeness (QED) is 0.898. The molecule has 6 nitrogen and oxygen atoms in total. The van der Waals surface area contributed by atoms with Gasteiger partial charge in [0.25, 0.3) is 0 Å². The van der Waals surface area contributed by atoms with Crippen LogP contribution in [0.2, 0.25) is 0 Å². The minimum Gasteiger partial charge on any atom is -0.497 e. The molecule has 0 bridgehead atoms. The van der Waals surface area contributed by atoms with Gasteiger partial charge in [-0.1, -0.05) is 0 Å². The molecule has 1 aromatic carbocycles. The highest BCUT2D eigenvalue weighted by Gasteiger charge is 2.13. The second-order valence-corrected chi connectivity index (χ2v) is 3.91. The highest BCUT2D eigenvalue weighted by molar-refractivity contribution is 5.84. The Kier molecular flexibility index (Phi) is 3.33. The lowest BCUT2D eigenvalue weighted by atomic mass is 10.2. The van der Waals surface area contributed by atoms with Crippen LogP contribution in [0.25, 0.3) is 5.69 Å². The summed E-state index contributed by atoms with van der Waals surface area (Å²) < 4.78 is 6.45. The Bertz CT molecular complexity index is 674. The second-order valence-electron chi connectivity index (χ2n) is 3.91. The van der Waals surface area contributed by atoms with Crippen LogP contribution < -0.4 is 10.2 Å². The normalized spacial score (nSPS) is 10.2. The van der Waals surface area contributed by atoms with Gasteiger partial charge in [0.1, 0.15) is 5.75 Å². The molecule has 0 atom stereocenters. The molecule has 2 aromatic rings. The Balaban J connectivity index is 2.57. The van der Waals surface area contributed by atoms with Crippen molar-refractivity contribution in [3.8, 4) is 11.4 Å². The first-order valence-electron chi connectivity index (χ1n) is 5.51. The zero-order valence-corrected chi connectivity index (χ0v) is 10.5. The Morgan fingerprint density at radius 2 is 1.95 bits per heavy atom. The molecule has 0 unspecified atom stereocenters. The molecule has 0 saturated carbocycles. The molecule has 2 rings (SSSR count). The van der Waals surface area contributed by atoms with E-state index in [0.29, 0.717) is 17.1 Å². The highest BCUT2D eigenvalue weighted by atomic mass is 16.5. The van der Waals surface area contributed by atoms with Gasteiger partial charge in [-0.3, -0.25) is 4.79 Å². The Hall–Kier alpha value is -2.63. The number of aromatic carboxylic acids is 1. The molecule has 0 aliphatic carbocycles. The standard InChI is InChI=1S/C13H12N2O4/c1-8-7-11(16)12(13(17)18)14-15(8)9-3-5-10(19-2)6-4-9/h3-7H,1-2H3,(H,17,18). The molecule has 19 heavy (non-hydrogen) atoms. The number of carboxylic acids is 1. The van der Waals surface area contributed by atoms with Crippen LogP contribution in [0.15, 0.2) is 35.1 Å². The van der Waals surface area contributed by atoms with Crippen molar-refractivity contribution in [2.24, 2.45) is 0 Å². The Morgan fingerprint density at radius 1 is 1.32 bits per heavy atom. The van der Waals surface area contributed by atoms with Gasteiger partial charge >= 0.3 is 5.97 Å². The van der Waals surface area contributed by atoms with Gasteiger partial charge in [-0.25, -0.2) is 9.48 Å². The molecule has 1 heterocycles. The molecule has 0 aliphatic heterocycles. The molecule has 0 saturated heterocycles. The molecule has 98 valence electrons. The fourth-order valence-electron chi connectivity index (χ4n) is 1.68. The largest absolute Gasteiger partial charge is 0.497 e. The fraction of sp³-hybridized carbons (Fsp3) is 0.154. The zero-order valence-electron chi connectivity index (χ0n) is 10.5. The van der Waals surface area contributed by atoms with Gasteiger partial charge in [0.15, 0.2) is 0 Å². The number of carbonyl (C=O) groups is 1. The predicted octanol–water partition coefficient (Wildman–Crippen LogP) is 1.25. The van der Waals surface area contributed by atoms with Crippen molar-refractivity contribution in [3.05, 3.63) is 51.9 Å². The topological polar surface area (TPSA) is 81.4 Å². The van der Waals surface area contributed by atoms with E-state index in [9.17, 15) is 9.59 Å². The van der Waals surface area contributed by atoms with Gasteiger partial charge in [0.05, 0.1) is 12.8 Å². The van der Waals surface area contributed by atoms with E-state index in [2.05, 4.69) is 5.10 Å². The van der Waals surface area contributed by atoms with Crippen molar-refractivity contribution in [2.45, 2.75) is 6.92 Å². The first-order chi connectivity index (χ1) is 9.02. The van der Waals surface area contributed by atoms with E-state index < -0.39 is 17.1 Å². The maximum atomic E-state index is 11.5. The van der Waals surface area contributed by atoms with Gasteiger partial charge in [-0.15, -0.1) is 0 Å². The van der Waals surface area contributed by atoms with Crippen LogP contribution in [0.4, 0.5) is 0 Å². The second kappa shape index (κ2) is 4.93. The van der Waals surface area contributed by atoms with Crippen LogP contribution in [0, 0.1) is 6.92 Å². The molecule has 0 aliphatic rings. The third-order valence-electron chi connectivity index (χ3n) is 2.63. The molecule has 0 amide bonds. The lowest BCUT2D eigenvalue weighted by molar-refractivity contribution is 0.0686. The minimum absolute atomic E-state index is 0.499. The molecule has 1 N–H and O–H groups in total. The van der Waals surface area contributed by atoms with E-state index in [1.165, 1.54) is 10.7 Å². The number of carboxylic acid groups (broad SMARTS) is 1. The molecule has 0 radical (unpaired) electrons. The van der Waals surface area contributed by atoms with Crippen LogP contribution in [0.5, 0.6) is 5.75 Å². The van der Waals surface area contributed by atoms with Gasteiger partial charge in [-0.05, 0) is 31.2 Å². The summed E-state index contributed by atoms with van der Waals surface area (Å²) in [6.07, 6.45) is 0. The third kappa shape index (κ3) is 2.47. The van der Waals surface area contributed by atoms with E-state index in [4.69, 9.17) is 9.84 Å². The van der Waals surface area contributed by atoms with Crippen LogP contribution in [-0.4, -0.2) is 28.0 Å². The molecular weight excluding hydrogens is 248 g/mol. The van der Waals surface area contributed by atoms with Crippen molar-refractivity contribution in [1.82, 2.24) is 9.78 Å². The van der Waals surface area contributed by atoms with E-state index in [1.807, 2.05) is 0 Å². The van der Waals surface area contributed by atoms with Crippen molar-refractivity contribution in [1.29, 1.82) is 0 Å². The smallest absolute Gasteiger partial charge is 0.360 e. The van der Waals surface area contributed by atoms with Gasteiger partial charge in [0.2, 0.25) is 11.1 Å². The average Bonchev–Trinajstić information content (AvgIpc) is 2.38. The number of ether oxygens (including phenoxy) is 1. The van der Waals surface area contributed by atoms with Crippen LogP contribution in [0.3, 0.4) is 0 Å². The van der Waals surface area contributed by atoms with E-state index >= 15 is 0 Å². The molecule has 0 spiro atoms. The number of hydrogen-bond donors (Lipinski definition) is 1. The number of benzene rings is 1. The summed E-state index contributed by atoms with van der Waals surface area (Å²) in [4.78, 5) is 22.4. The van der Waals surface area contributed by atoms with Gasteiger partial charge in [-0.2, -0.15) is 5.10 Å². The molecule has 0 fully saturated rings. The maximum Gasteiger partial charge on any atom is 0.360 e. The summed E-state index contributed by atoms with van der Waals surface area (Å²) in [5.41, 5.74) is 0.108. The van der Waals surface area contributed by atoms with Crippen LogP contribution in [0.1, 0.15) is 16.2 Å². The van der Waals surface area contributed by atoms with Gasteiger partial charge in [0, 0.05) is 11.8 Å². The van der Waals surface area contributed by atoms with Crippen LogP contribution >= 0.6 is 0 Å². The number of hydrogen-bond acceptors (Lipinski definition) is 4. The molecule has 1 aromatic heterocycles. The monoisotopic (exact) mass is 260 g/mol. The molecule has 6 heteroatoms. The van der Waals surface area contributed by atoms with Crippen molar-refractivity contribution in [2.75, 3.05) is 7.11 Å². The summed E-state index contributed by atoms with van der Waals surface area (Å²) in [5, 5.41) is 12.8. The first-order valence-corrected chi connectivity index (χ1v) is 5.51. The lowest BCUT2D eigenvalue weighted by Gasteiger charge is -2.10. The first kappa shape index (κ1) is 12.8. The Labute approximate surface area is 108 Å². The summed E-state index contributed by atoms with van der Waals surface area (Å²) in [7, 11) is 1.56. The molecular formula is C13H12N2O4. The van der Waals surface area contributed by atoms with Crippen molar-refractivity contribution in [3.63, 3.8) is 0 Å². The number of aryl methyl sites for hydroxylation is 1. The average molecular weight is 260 g/mol.